The lowest BCUT2D eigenvalue weighted by molar-refractivity contribution is -0.137. The van der Waals surface area contributed by atoms with E-state index >= 15 is 0 Å². The van der Waals surface area contributed by atoms with Crippen molar-refractivity contribution >= 4 is 32.0 Å². The third-order valence-electron chi connectivity index (χ3n) is 8.69. The number of amides is 1. The lowest BCUT2D eigenvalue weighted by Gasteiger charge is -2.33. The third kappa shape index (κ3) is 4.24. The van der Waals surface area contributed by atoms with E-state index in [4.69, 9.17) is 13.7 Å². The van der Waals surface area contributed by atoms with Gasteiger partial charge in [0.25, 0.3) is 10.1 Å². The molecule has 3 saturated heterocycles. The van der Waals surface area contributed by atoms with Crippen LogP contribution >= 0.6 is 15.9 Å². The SMILES string of the molecule is Cc1ccccc1S(=O)(=O)OC1C2C(C(=O)N1Cc1ccc3c(c1)OCO3)C(c1ccc(Br)cc1)N1CCCC21. The molecule has 1 amide bonds. The molecule has 0 bridgehead atoms. The maximum Gasteiger partial charge on any atom is 0.299 e. The van der Waals surface area contributed by atoms with Crippen LogP contribution in [0, 0.1) is 18.8 Å². The van der Waals surface area contributed by atoms with Crippen LogP contribution in [0.1, 0.15) is 35.6 Å². The minimum atomic E-state index is -4.15. The van der Waals surface area contributed by atoms with Crippen molar-refractivity contribution in [1.29, 1.82) is 0 Å². The summed E-state index contributed by atoms with van der Waals surface area (Å²) in [7, 11) is -4.15. The third-order valence-corrected chi connectivity index (χ3v) is 10.7. The quantitative estimate of drug-likeness (QED) is 0.356. The fourth-order valence-corrected chi connectivity index (χ4v) is 8.59. The number of fused-ring (bicyclic) bond motifs is 4. The highest BCUT2D eigenvalue weighted by Crippen LogP contribution is 2.56. The number of aryl methyl sites for hydroxylation is 1. The molecule has 10 heteroatoms. The van der Waals surface area contributed by atoms with Gasteiger partial charge in [0, 0.05) is 29.0 Å². The molecule has 3 aromatic carbocycles. The molecule has 4 aliphatic heterocycles. The molecule has 0 radical (unpaired) electrons. The Morgan fingerprint density at radius 2 is 1.80 bits per heavy atom. The molecule has 0 N–H and O–H groups in total. The van der Waals surface area contributed by atoms with Crippen molar-refractivity contribution in [3.8, 4) is 11.5 Å². The number of nitrogens with zero attached hydrogens (tertiary/aromatic N) is 2. The molecule has 3 fully saturated rings. The average Bonchev–Trinajstić information content (AvgIpc) is 3.70. The van der Waals surface area contributed by atoms with Crippen LogP contribution in [-0.2, 0) is 25.6 Å². The van der Waals surface area contributed by atoms with Crippen LogP contribution in [0.25, 0.3) is 0 Å². The van der Waals surface area contributed by atoms with Crippen LogP contribution in [0.3, 0.4) is 0 Å². The summed E-state index contributed by atoms with van der Waals surface area (Å²) in [5, 5.41) is 0. The van der Waals surface area contributed by atoms with Gasteiger partial charge in [0.05, 0.1) is 10.8 Å². The predicted molar refractivity (Wildman–Crippen MR) is 150 cm³/mol. The zero-order chi connectivity index (χ0) is 27.6. The van der Waals surface area contributed by atoms with E-state index in [1.54, 1.807) is 36.1 Å². The molecule has 0 saturated carbocycles. The van der Waals surface area contributed by atoms with Crippen LogP contribution in [0.2, 0.25) is 0 Å². The monoisotopic (exact) mass is 624 g/mol. The first-order valence-corrected chi connectivity index (χ1v) is 15.7. The minimum absolute atomic E-state index is 0.0430. The van der Waals surface area contributed by atoms with Gasteiger partial charge >= 0.3 is 0 Å². The maximum absolute atomic E-state index is 14.4. The van der Waals surface area contributed by atoms with Crippen LogP contribution < -0.4 is 9.47 Å². The van der Waals surface area contributed by atoms with E-state index in [0.717, 1.165) is 35.0 Å². The van der Waals surface area contributed by atoms with Crippen LogP contribution in [0.15, 0.2) is 76.1 Å². The van der Waals surface area contributed by atoms with Gasteiger partial charge in [0.2, 0.25) is 12.7 Å². The largest absolute Gasteiger partial charge is 0.454 e. The second-order valence-electron chi connectivity index (χ2n) is 10.9. The van der Waals surface area contributed by atoms with Crippen molar-refractivity contribution < 1.29 is 26.9 Å². The van der Waals surface area contributed by atoms with Crippen molar-refractivity contribution in [2.24, 2.45) is 11.8 Å². The molecule has 208 valence electrons. The summed E-state index contributed by atoms with van der Waals surface area (Å²) in [5.41, 5.74) is 2.48. The Morgan fingerprint density at radius 3 is 2.60 bits per heavy atom. The van der Waals surface area contributed by atoms with E-state index in [9.17, 15) is 13.2 Å². The number of hydrogen-bond donors (Lipinski definition) is 0. The fraction of sp³-hybridized carbons (Fsp3) is 0.367. The Bertz CT molecular complexity index is 1580. The van der Waals surface area contributed by atoms with Gasteiger partial charge in [-0.25, -0.2) is 4.18 Å². The van der Waals surface area contributed by atoms with Gasteiger partial charge in [-0.05, 0) is 73.3 Å². The van der Waals surface area contributed by atoms with Gasteiger partial charge in [-0.2, -0.15) is 8.42 Å². The number of halogens is 1. The highest BCUT2D eigenvalue weighted by atomic mass is 79.9. The van der Waals surface area contributed by atoms with Gasteiger partial charge in [-0.3, -0.25) is 9.69 Å². The molecule has 0 aliphatic carbocycles. The number of rotatable bonds is 6. The Morgan fingerprint density at radius 1 is 1.02 bits per heavy atom. The Kier molecular flexibility index (Phi) is 6.42. The number of likely N-dealkylation sites (tertiary alicyclic amines) is 1. The minimum Gasteiger partial charge on any atom is -0.454 e. The molecule has 4 heterocycles. The maximum atomic E-state index is 14.4. The summed E-state index contributed by atoms with van der Waals surface area (Å²) in [6.45, 7) is 2.97. The van der Waals surface area contributed by atoms with Crippen molar-refractivity contribution in [3.63, 3.8) is 0 Å². The zero-order valence-corrected chi connectivity index (χ0v) is 24.3. The predicted octanol–water partition coefficient (Wildman–Crippen LogP) is 5.01. The van der Waals surface area contributed by atoms with Crippen LogP contribution in [0.4, 0.5) is 0 Å². The van der Waals surface area contributed by atoms with Gasteiger partial charge in [-0.1, -0.05) is 52.3 Å². The van der Waals surface area contributed by atoms with E-state index in [2.05, 4.69) is 33.0 Å². The van der Waals surface area contributed by atoms with Crippen molar-refractivity contribution in [3.05, 3.63) is 87.9 Å². The highest BCUT2D eigenvalue weighted by molar-refractivity contribution is 9.10. The first kappa shape index (κ1) is 26.0. The first-order chi connectivity index (χ1) is 19.3. The van der Waals surface area contributed by atoms with Crippen molar-refractivity contribution in [1.82, 2.24) is 9.80 Å². The second-order valence-corrected chi connectivity index (χ2v) is 13.4. The van der Waals surface area contributed by atoms with E-state index in [1.165, 1.54) is 0 Å². The number of carbonyl (C=O) groups excluding carboxylic acids is 1. The second kappa shape index (κ2) is 9.87. The molecule has 3 aromatic rings. The summed E-state index contributed by atoms with van der Waals surface area (Å²) in [6, 6.07) is 20.3. The number of benzene rings is 3. The Labute approximate surface area is 242 Å². The van der Waals surface area contributed by atoms with E-state index in [-0.39, 0.29) is 42.1 Å². The van der Waals surface area contributed by atoms with Gasteiger partial charge in [-0.15, -0.1) is 0 Å². The summed E-state index contributed by atoms with van der Waals surface area (Å²) in [5.74, 6) is 0.466. The summed E-state index contributed by atoms with van der Waals surface area (Å²) < 4.78 is 45.6. The van der Waals surface area contributed by atoms with Crippen LogP contribution in [0.5, 0.6) is 11.5 Å². The normalized spacial score (nSPS) is 27.3. The zero-order valence-electron chi connectivity index (χ0n) is 21.9. The summed E-state index contributed by atoms with van der Waals surface area (Å²) >= 11 is 3.52. The lowest BCUT2D eigenvalue weighted by Crippen LogP contribution is -2.44. The van der Waals surface area contributed by atoms with E-state index in [1.807, 2.05) is 30.3 Å². The molecule has 0 aromatic heterocycles. The average molecular weight is 626 g/mol. The van der Waals surface area contributed by atoms with E-state index in [0.29, 0.717) is 17.1 Å². The number of ether oxygens (including phenoxy) is 2. The molecule has 7 rings (SSSR count). The molecule has 40 heavy (non-hydrogen) atoms. The van der Waals surface area contributed by atoms with Crippen molar-refractivity contribution in [2.75, 3.05) is 13.3 Å². The molecule has 5 unspecified atom stereocenters. The topological polar surface area (TPSA) is 85.4 Å². The summed E-state index contributed by atoms with van der Waals surface area (Å²) in [6.07, 6.45) is 0.955. The Hall–Kier alpha value is -2.92. The highest BCUT2D eigenvalue weighted by Gasteiger charge is 2.64. The molecular formula is C30H29BrN2O6S. The van der Waals surface area contributed by atoms with Gasteiger partial charge in [0.15, 0.2) is 17.7 Å². The number of hydrogen-bond acceptors (Lipinski definition) is 7. The molecular weight excluding hydrogens is 596 g/mol. The fourth-order valence-electron chi connectivity index (χ4n) is 7.02. The molecule has 8 nitrogen and oxygen atoms in total. The Balaban J connectivity index is 1.30. The van der Waals surface area contributed by atoms with Crippen LogP contribution in [-0.4, -0.2) is 49.7 Å². The first-order valence-electron chi connectivity index (χ1n) is 13.5. The molecule has 5 atom stereocenters. The smallest absolute Gasteiger partial charge is 0.299 e. The lowest BCUT2D eigenvalue weighted by atomic mass is 9.85. The summed E-state index contributed by atoms with van der Waals surface area (Å²) in [4.78, 5) is 18.5. The van der Waals surface area contributed by atoms with Crippen molar-refractivity contribution in [2.45, 2.75) is 49.5 Å². The molecule has 4 aliphatic rings. The van der Waals surface area contributed by atoms with E-state index < -0.39 is 22.3 Å². The standard InChI is InChI=1S/C30H29BrN2O6S/c1-18-5-2-3-7-25(18)40(35,36)39-30-26-22-6-4-14-32(22)28(20-9-11-21(31)12-10-20)27(26)29(34)33(30)16-19-8-13-23-24(15-19)38-17-37-23/h2-3,5,7-13,15,22,26-28,30H,4,6,14,16-17H2,1H3. The number of carbonyl (C=O) groups is 1. The van der Waals surface area contributed by atoms with Gasteiger partial charge < -0.3 is 14.4 Å². The molecule has 0 spiro atoms. The van der Waals surface area contributed by atoms with Gasteiger partial charge in [0.1, 0.15) is 0 Å².